The summed E-state index contributed by atoms with van der Waals surface area (Å²) in [5.41, 5.74) is 2.40. The third-order valence-corrected chi connectivity index (χ3v) is 4.28. The fourth-order valence-corrected chi connectivity index (χ4v) is 2.76. The van der Waals surface area contributed by atoms with Crippen LogP contribution in [0, 0.1) is 0 Å². The molecule has 0 fully saturated rings. The van der Waals surface area contributed by atoms with E-state index >= 15 is 0 Å². The van der Waals surface area contributed by atoms with E-state index in [2.05, 4.69) is 43.8 Å². The second-order valence-electron chi connectivity index (χ2n) is 5.02. The lowest BCUT2D eigenvalue weighted by molar-refractivity contribution is 0.791. The number of nitrogens with one attached hydrogen (secondary N) is 2. The summed E-state index contributed by atoms with van der Waals surface area (Å²) in [5, 5.41) is 7.36. The van der Waals surface area contributed by atoms with Gasteiger partial charge in [0.2, 0.25) is 0 Å². The molecule has 0 spiro atoms. The zero-order valence-electron chi connectivity index (χ0n) is 12.7. The molecule has 1 aromatic heterocycles. The number of nitrogens with zero attached hydrogens (tertiary/aromatic N) is 2. The Balaban J connectivity index is 1.80. The zero-order valence-corrected chi connectivity index (χ0v) is 15.1. The normalized spacial score (nSPS) is 11.5. The minimum atomic E-state index is 0.751. The van der Waals surface area contributed by atoms with E-state index < -0.39 is 0 Å². The van der Waals surface area contributed by atoms with Gasteiger partial charge in [0, 0.05) is 49.1 Å². The van der Waals surface area contributed by atoms with E-state index in [0.29, 0.717) is 0 Å². The summed E-state index contributed by atoms with van der Waals surface area (Å²) in [6.45, 7) is 1.54. The van der Waals surface area contributed by atoms with Gasteiger partial charge in [-0.1, -0.05) is 27.5 Å². The summed E-state index contributed by atoms with van der Waals surface area (Å²) in [6, 6.07) is 7.92. The summed E-state index contributed by atoms with van der Waals surface area (Å²) >= 11 is 9.57. The molecule has 1 aromatic carbocycles. The summed E-state index contributed by atoms with van der Waals surface area (Å²) in [5.74, 6) is 0.794. The Kier molecular flexibility index (Phi) is 6.34. The number of hydrogen-bond donors (Lipinski definition) is 2. The maximum absolute atomic E-state index is 6.03. The maximum atomic E-state index is 6.03. The predicted molar refractivity (Wildman–Crippen MR) is 96.5 cm³/mol. The first kappa shape index (κ1) is 16.9. The summed E-state index contributed by atoms with van der Waals surface area (Å²) in [6.07, 6.45) is 4.99. The van der Waals surface area contributed by atoms with Gasteiger partial charge in [-0.05, 0) is 41.8 Å². The molecule has 4 nitrogen and oxygen atoms in total. The van der Waals surface area contributed by atoms with Gasteiger partial charge in [-0.3, -0.25) is 4.99 Å². The highest BCUT2D eigenvalue weighted by atomic mass is 79.9. The lowest BCUT2D eigenvalue weighted by Gasteiger charge is -2.12. The van der Waals surface area contributed by atoms with E-state index in [0.717, 1.165) is 35.0 Å². The average Bonchev–Trinajstić information content (AvgIpc) is 2.91. The Morgan fingerprint density at radius 2 is 2.14 bits per heavy atom. The van der Waals surface area contributed by atoms with Crippen LogP contribution in [-0.4, -0.2) is 24.1 Å². The minimum absolute atomic E-state index is 0.751. The first-order valence-electron chi connectivity index (χ1n) is 7.08. The van der Waals surface area contributed by atoms with Crippen molar-refractivity contribution in [3.63, 3.8) is 0 Å². The number of aryl methyl sites for hydroxylation is 1. The molecule has 1 heterocycles. The van der Waals surface area contributed by atoms with E-state index in [9.17, 15) is 0 Å². The smallest absolute Gasteiger partial charge is 0.191 e. The van der Waals surface area contributed by atoms with Crippen molar-refractivity contribution in [1.29, 1.82) is 0 Å². The van der Waals surface area contributed by atoms with Crippen LogP contribution in [0.2, 0.25) is 5.02 Å². The lowest BCUT2D eigenvalue weighted by Crippen LogP contribution is -2.37. The Labute approximate surface area is 144 Å². The van der Waals surface area contributed by atoms with Crippen molar-refractivity contribution in [1.82, 2.24) is 15.2 Å². The van der Waals surface area contributed by atoms with E-state index in [4.69, 9.17) is 11.6 Å². The van der Waals surface area contributed by atoms with Crippen molar-refractivity contribution in [3.8, 4) is 0 Å². The first-order valence-corrected chi connectivity index (χ1v) is 8.25. The van der Waals surface area contributed by atoms with Gasteiger partial charge >= 0.3 is 0 Å². The van der Waals surface area contributed by atoms with E-state index in [1.165, 1.54) is 11.1 Å². The molecule has 0 bridgehead atoms. The van der Waals surface area contributed by atoms with Crippen LogP contribution in [0.5, 0.6) is 0 Å². The molecule has 0 amide bonds. The Morgan fingerprint density at radius 3 is 2.82 bits per heavy atom. The van der Waals surface area contributed by atoms with Crippen LogP contribution in [0.1, 0.15) is 11.1 Å². The minimum Gasteiger partial charge on any atom is -0.357 e. The summed E-state index contributed by atoms with van der Waals surface area (Å²) in [4.78, 5) is 4.23. The van der Waals surface area contributed by atoms with Crippen LogP contribution in [0.15, 0.2) is 46.1 Å². The van der Waals surface area contributed by atoms with Gasteiger partial charge < -0.3 is 15.2 Å². The molecule has 0 radical (unpaired) electrons. The van der Waals surface area contributed by atoms with Crippen molar-refractivity contribution in [2.45, 2.75) is 13.0 Å². The first-order chi connectivity index (χ1) is 10.6. The van der Waals surface area contributed by atoms with Crippen molar-refractivity contribution < 1.29 is 0 Å². The van der Waals surface area contributed by atoms with Crippen molar-refractivity contribution in [3.05, 3.63) is 57.3 Å². The van der Waals surface area contributed by atoms with Crippen LogP contribution in [0.25, 0.3) is 0 Å². The second-order valence-corrected chi connectivity index (χ2v) is 6.31. The Morgan fingerprint density at radius 1 is 1.32 bits per heavy atom. The Bertz CT molecular complexity index is 651. The number of guanidine groups is 1. The number of rotatable bonds is 5. The summed E-state index contributed by atoms with van der Waals surface area (Å²) in [7, 11) is 3.79. The molecule has 0 unspecified atom stereocenters. The molecule has 0 aliphatic heterocycles. The average molecular weight is 384 g/mol. The molecular weight excluding hydrogens is 364 g/mol. The Hall–Kier alpha value is -1.46. The van der Waals surface area contributed by atoms with E-state index in [1.807, 2.05) is 36.0 Å². The number of halogens is 2. The fraction of sp³-hybridized carbons (Fsp3) is 0.312. The van der Waals surface area contributed by atoms with Gasteiger partial charge in [-0.25, -0.2) is 0 Å². The molecule has 0 atom stereocenters. The van der Waals surface area contributed by atoms with Crippen LogP contribution in [0.4, 0.5) is 0 Å². The van der Waals surface area contributed by atoms with Crippen molar-refractivity contribution in [2.24, 2.45) is 12.0 Å². The van der Waals surface area contributed by atoms with E-state index in [1.54, 1.807) is 7.05 Å². The van der Waals surface area contributed by atoms with E-state index in [-0.39, 0.29) is 0 Å². The predicted octanol–water partition coefficient (Wildman–Crippen LogP) is 3.35. The topological polar surface area (TPSA) is 41.4 Å². The van der Waals surface area contributed by atoms with Gasteiger partial charge in [0.05, 0.1) is 0 Å². The van der Waals surface area contributed by atoms with Crippen LogP contribution in [0.3, 0.4) is 0 Å². The van der Waals surface area contributed by atoms with Gasteiger partial charge in [0.15, 0.2) is 5.96 Å². The zero-order chi connectivity index (χ0) is 15.9. The third kappa shape index (κ3) is 5.07. The molecule has 0 saturated carbocycles. The number of hydrogen-bond acceptors (Lipinski definition) is 1. The molecule has 2 rings (SSSR count). The number of benzene rings is 1. The number of aliphatic imine (C=N–C) groups is 1. The van der Waals surface area contributed by atoms with Crippen molar-refractivity contribution in [2.75, 3.05) is 13.6 Å². The van der Waals surface area contributed by atoms with Gasteiger partial charge in [-0.15, -0.1) is 0 Å². The monoisotopic (exact) mass is 382 g/mol. The van der Waals surface area contributed by atoms with Crippen LogP contribution in [-0.2, 0) is 20.0 Å². The summed E-state index contributed by atoms with van der Waals surface area (Å²) < 4.78 is 3.11. The SMILES string of the molecule is CN=C(NCCc1cc(Cl)ccc1Br)NCc1ccn(C)c1. The second kappa shape index (κ2) is 8.25. The molecule has 0 aliphatic rings. The fourth-order valence-electron chi connectivity index (χ4n) is 2.12. The van der Waals surface area contributed by atoms with Gasteiger partial charge in [0.1, 0.15) is 0 Å². The van der Waals surface area contributed by atoms with Gasteiger partial charge in [-0.2, -0.15) is 0 Å². The highest BCUT2D eigenvalue weighted by Gasteiger charge is 2.03. The van der Waals surface area contributed by atoms with Crippen LogP contribution < -0.4 is 10.6 Å². The lowest BCUT2D eigenvalue weighted by atomic mass is 10.1. The maximum Gasteiger partial charge on any atom is 0.191 e. The third-order valence-electron chi connectivity index (χ3n) is 3.27. The standard InChI is InChI=1S/C16H20BrClN4/c1-19-16(21-10-12-6-8-22(2)11-12)20-7-5-13-9-14(18)3-4-15(13)17/h3-4,6,8-9,11H,5,7,10H2,1-2H3,(H2,19,20,21). The highest BCUT2D eigenvalue weighted by Crippen LogP contribution is 2.21. The van der Waals surface area contributed by atoms with Gasteiger partial charge in [0.25, 0.3) is 0 Å². The quantitative estimate of drug-likeness (QED) is 0.614. The molecule has 2 N–H and O–H groups in total. The molecular formula is C16H20BrClN4. The molecule has 22 heavy (non-hydrogen) atoms. The molecule has 0 aliphatic carbocycles. The molecule has 0 saturated heterocycles. The molecule has 2 aromatic rings. The van der Waals surface area contributed by atoms with Crippen LogP contribution >= 0.6 is 27.5 Å². The highest BCUT2D eigenvalue weighted by molar-refractivity contribution is 9.10. The largest absolute Gasteiger partial charge is 0.357 e. The molecule has 6 heteroatoms. The number of aromatic nitrogens is 1. The molecule has 118 valence electrons. The van der Waals surface area contributed by atoms with Crippen molar-refractivity contribution >= 4 is 33.5 Å².